The number of H-pyrrole nitrogens is 1. The number of aliphatic hydroxyl groups is 1. The third-order valence-corrected chi connectivity index (χ3v) is 6.86. The molecule has 30 heavy (non-hydrogen) atoms. The molecule has 0 radical (unpaired) electrons. The summed E-state index contributed by atoms with van der Waals surface area (Å²) in [7, 11) is 1.34. The lowest BCUT2D eigenvalue weighted by molar-refractivity contribution is -0.151. The third kappa shape index (κ3) is 3.19. The van der Waals surface area contributed by atoms with Gasteiger partial charge in [-0.25, -0.2) is 9.48 Å². The van der Waals surface area contributed by atoms with E-state index in [4.69, 9.17) is 4.74 Å². The van der Waals surface area contributed by atoms with E-state index in [1.54, 1.807) is 15.8 Å². The molecule has 1 saturated heterocycles. The molecule has 1 amide bonds. The smallest absolute Gasteiger partial charge is 0.328 e. The molecule has 3 atom stereocenters. The molecule has 0 aromatic carbocycles. The number of methoxy groups -OCH3 is 1. The molecule has 1 aliphatic heterocycles. The Kier molecular flexibility index (Phi) is 4.61. The Balaban J connectivity index is 1.34. The summed E-state index contributed by atoms with van der Waals surface area (Å²) < 4.78 is 6.70. The van der Waals surface area contributed by atoms with Crippen LogP contribution in [0.5, 0.6) is 0 Å². The summed E-state index contributed by atoms with van der Waals surface area (Å²) in [6.07, 6.45) is 8.61. The maximum absolute atomic E-state index is 13.3. The number of carbonyl (C=O) groups is 2. The van der Waals surface area contributed by atoms with E-state index in [-0.39, 0.29) is 17.9 Å². The van der Waals surface area contributed by atoms with Gasteiger partial charge in [0.05, 0.1) is 42.3 Å². The Morgan fingerprint density at radius 2 is 2.23 bits per heavy atom. The first-order valence-corrected chi connectivity index (χ1v) is 10.5. The summed E-state index contributed by atoms with van der Waals surface area (Å²) in [4.78, 5) is 27.4. The zero-order valence-corrected chi connectivity index (χ0v) is 17.0. The summed E-state index contributed by atoms with van der Waals surface area (Å²) in [6.45, 7) is 0.367. The molecular weight excluding hydrogens is 388 g/mol. The number of hydrogen-bond donors (Lipinski definition) is 2. The molecule has 160 valence electrons. The van der Waals surface area contributed by atoms with E-state index in [2.05, 4.69) is 20.5 Å². The highest BCUT2D eigenvalue weighted by molar-refractivity contribution is 5.89. The van der Waals surface area contributed by atoms with Crippen LogP contribution in [0.4, 0.5) is 0 Å². The standard InChI is InChI=1S/C20H26N6O4/c1-30-19(28)16-7-14(26-10-13(22-24-26)8-20(29)5-2-6-20)11-25(16)18(27)15-4-3-12-9-21-23-17(12)15/h9-10,14-16,29H,2-8,11H2,1H3,(H,21,23)/t14-,15?,16+/m1/s1. The van der Waals surface area contributed by atoms with Gasteiger partial charge in [-0.05, 0) is 37.7 Å². The molecule has 2 aliphatic carbocycles. The highest BCUT2D eigenvalue weighted by atomic mass is 16.5. The number of fused-ring (bicyclic) bond motifs is 1. The van der Waals surface area contributed by atoms with Crippen molar-refractivity contribution < 1.29 is 19.4 Å². The normalized spacial score (nSPS) is 27.0. The predicted molar refractivity (Wildman–Crippen MR) is 103 cm³/mol. The molecule has 1 unspecified atom stereocenters. The number of likely N-dealkylation sites (tertiary alicyclic amines) is 1. The van der Waals surface area contributed by atoms with Gasteiger partial charge < -0.3 is 14.7 Å². The average Bonchev–Trinajstić information content (AvgIpc) is 3.48. The molecule has 5 rings (SSSR count). The van der Waals surface area contributed by atoms with Crippen LogP contribution in [0.15, 0.2) is 12.4 Å². The van der Waals surface area contributed by atoms with Gasteiger partial charge in [-0.3, -0.25) is 9.89 Å². The van der Waals surface area contributed by atoms with Crippen molar-refractivity contribution in [2.75, 3.05) is 13.7 Å². The number of nitrogens with zero attached hydrogens (tertiary/aromatic N) is 5. The zero-order chi connectivity index (χ0) is 20.9. The van der Waals surface area contributed by atoms with Crippen LogP contribution in [0.3, 0.4) is 0 Å². The fourth-order valence-electron chi connectivity index (χ4n) is 4.99. The van der Waals surface area contributed by atoms with Crippen LogP contribution in [0.25, 0.3) is 0 Å². The van der Waals surface area contributed by atoms with Gasteiger partial charge in [0.15, 0.2) is 0 Å². The third-order valence-electron chi connectivity index (χ3n) is 6.86. The first-order chi connectivity index (χ1) is 14.5. The van der Waals surface area contributed by atoms with Crippen LogP contribution in [0.2, 0.25) is 0 Å². The van der Waals surface area contributed by atoms with E-state index in [1.165, 1.54) is 7.11 Å². The number of ether oxygens (including phenoxy) is 1. The quantitative estimate of drug-likeness (QED) is 0.683. The molecule has 2 fully saturated rings. The molecule has 2 aromatic rings. The fraction of sp³-hybridized carbons (Fsp3) is 0.650. The van der Waals surface area contributed by atoms with Crippen LogP contribution >= 0.6 is 0 Å². The van der Waals surface area contributed by atoms with Crippen molar-refractivity contribution in [2.45, 2.75) is 68.5 Å². The second-order valence-corrected chi connectivity index (χ2v) is 8.76. The van der Waals surface area contributed by atoms with Crippen molar-refractivity contribution in [3.05, 3.63) is 29.3 Å². The first kappa shape index (κ1) is 19.2. The number of nitrogens with one attached hydrogen (secondary N) is 1. The number of hydrogen-bond acceptors (Lipinski definition) is 7. The molecule has 10 nitrogen and oxygen atoms in total. The Hall–Kier alpha value is -2.75. The van der Waals surface area contributed by atoms with Gasteiger partial charge >= 0.3 is 5.97 Å². The van der Waals surface area contributed by atoms with E-state index in [0.717, 1.165) is 42.6 Å². The minimum Gasteiger partial charge on any atom is -0.467 e. The minimum atomic E-state index is -0.669. The second-order valence-electron chi connectivity index (χ2n) is 8.76. The minimum absolute atomic E-state index is 0.0833. The van der Waals surface area contributed by atoms with Crippen molar-refractivity contribution in [3.63, 3.8) is 0 Å². The summed E-state index contributed by atoms with van der Waals surface area (Å²) in [5, 5.41) is 25.8. The highest BCUT2D eigenvalue weighted by Gasteiger charge is 2.45. The average molecular weight is 414 g/mol. The van der Waals surface area contributed by atoms with Gasteiger partial charge in [0.25, 0.3) is 0 Å². The van der Waals surface area contributed by atoms with E-state index < -0.39 is 17.6 Å². The molecular formula is C20H26N6O4. The number of aromatic amines is 1. The summed E-state index contributed by atoms with van der Waals surface area (Å²) in [5.74, 6) is -0.814. The molecule has 3 heterocycles. The molecule has 2 N–H and O–H groups in total. The van der Waals surface area contributed by atoms with Gasteiger partial charge in [0, 0.05) is 25.6 Å². The largest absolute Gasteiger partial charge is 0.467 e. The van der Waals surface area contributed by atoms with Gasteiger partial charge in [-0.2, -0.15) is 5.10 Å². The van der Waals surface area contributed by atoms with Crippen LogP contribution in [0.1, 0.15) is 61.0 Å². The maximum atomic E-state index is 13.3. The molecule has 1 saturated carbocycles. The number of rotatable bonds is 5. The maximum Gasteiger partial charge on any atom is 0.328 e. The Morgan fingerprint density at radius 1 is 1.40 bits per heavy atom. The second kappa shape index (κ2) is 7.19. The SMILES string of the molecule is COC(=O)[C@@H]1C[C@@H](n2cc(CC3(O)CCC3)nn2)CN1C(=O)C1CCc2cn[nH]c21. The van der Waals surface area contributed by atoms with Crippen molar-refractivity contribution in [1.82, 2.24) is 30.1 Å². The van der Waals surface area contributed by atoms with Gasteiger partial charge in [0.1, 0.15) is 6.04 Å². The number of esters is 1. The molecule has 0 bridgehead atoms. The summed E-state index contributed by atoms with van der Waals surface area (Å²) >= 11 is 0. The lowest BCUT2D eigenvalue weighted by Gasteiger charge is -2.35. The van der Waals surface area contributed by atoms with Crippen LogP contribution in [0, 0.1) is 0 Å². The van der Waals surface area contributed by atoms with E-state index in [0.29, 0.717) is 25.8 Å². The van der Waals surface area contributed by atoms with E-state index >= 15 is 0 Å². The molecule has 0 spiro atoms. The lowest BCUT2D eigenvalue weighted by Crippen LogP contribution is -2.43. The summed E-state index contributed by atoms with van der Waals surface area (Å²) in [5.41, 5.74) is 1.98. The molecule has 3 aliphatic rings. The molecule has 2 aromatic heterocycles. The van der Waals surface area contributed by atoms with Crippen LogP contribution in [-0.2, 0) is 27.2 Å². The Labute approximate surface area is 173 Å². The fourth-order valence-corrected chi connectivity index (χ4v) is 4.99. The Bertz CT molecular complexity index is 964. The van der Waals surface area contributed by atoms with Gasteiger partial charge in [-0.15, -0.1) is 5.10 Å². The van der Waals surface area contributed by atoms with Crippen molar-refractivity contribution >= 4 is 11.9 Å². The van der Waals surface area contributed by atoms with Crippen LogP contribution < -0.4 is 0 Å². The van der Waals surface area contributed by atoms with Gasteiger partial charge in [0.2, 0.25) is 5.91 Å². The zero-order valence-electron chi connectivity index (χ0n) is 17.0. The van der Waals surface area contributed by atoms with Crippen LogP contribution in [-0.4, -0.2) is 72.4 Å². The number of aromatic nitrogens is 5. The van der Waals surface area contributed by atoms with Crippen molar-refractivity contribution in [2.24, 2.45) is 0 Å². The van der Waals surface area contributed by atoms with Crippen molar-refractivity contribution in [3.8, 4) is 0 Å². The lowest BCUT2D eigenvalue weighted by atomic mass is 9.77. The topological polar surface area (TPSA) is 126 Å². The first-order valence-electron chi connectivity index (χ1n) is 10.5. The number of amides is 1. The predicted octanol–water partition coefficient (Wildman–Crippen LogP) is 0.504. The Morgan fingerprint density at radius 3 is 2.97 bits per heavy atom. The van der Waals surface area contributed by atoms with Crippen molar-refractivity contribution in [1.29, 1.82) is 0 Å². The monoisotopic (exact) mass is 414 g/mol. The highest BCUT2D eigenvalue weighted by Crippen LogP contribution is 2.37. The van der Waals surface area contributed by atoms with Gasteiger partial charge in [-0.1, -0.05) is 5.21 Å². The molecule has 10 heteroatoms. The van der Waals surface area contributed by atoms with E-state index in [1.807, 2.05) is 6.20 Å². The summed E-state index contributed by atoms with van der Waals surface area (Å²) in [6, 6.07) is -0.819. The number of carbonyl (C=O) groups excluding carboxylic acids is 2. The van der Waals surface area contributed by atoms with E-state index in [9.17, 15) is 14.7 Å². The number of aryl methyl sites for hydroxylation is 1.